The molecule has 1 saturated heterocycles. The Balaban J connectivity index is 2.14. The molecule has 2 heterocycles. The third-order valence-electron chi connectivity index (χ3n) is 3.88. The number of aliphatic hydroxyl groups is 1. The summed E-state index contributed by atoms with van der Waals surface area (Å²) in [6, 6.07) is -0.252. The first kappa shape index (κ1) is 15.1. The second-order valence-electron chi connectivity index (χ2n) is 5.78. The molecule has 1 atom stereocenters. The van der Waals surface area contributed by atoms with E-state index >= 15 is 0 Å². The van der Waals surface area contributed by atoms with Crippen molar-refractivity contribution in [2.75, 3.05) is 19.7 Å². The number of carbonyl (C=O) groups excluding carboxylic acids is 1. The second kappa shape index (κ2) is 6.95. The van der Waals surface area contributed by atoms with Crippen molar-refractivity contribution in [1.29, 1.82) is 0 Å². The summed E-state index contributed by atoms with van der Waals surface area (Å²) in [5, 5.41) is 20.3. The van der Waals surface area contributed by atoms with E-state index in [4.69, 9.17) is 5.11 Å². The summed E-state index contributed by atoms with van der Waals surface area (Å²) in [4.78, 5) is 12.7. The Morgan fingerprint density at radius 3 is 2.80 bits per heavy atom. The number of piperidine rings is 1. The summed E-state index contributed by atoms with van der Waals surface area (Å²) >= 11 is 0. The topological polar surface area (TPSA) is 80.0 Å². The van der Waals surface area contributed by atoms with Crippen molar-refractivity contribution in [1.82, 2.24) is 20.3 Å². The molecule has 1 unspecified atom stereocenters. The lowest BCUT2D eigenvalue weighted by atomic mass is 9.85. The molecule has 1 aromatic rings. The van der Waals surface area contributed by atoms with Crippen LogP contribution in [0.4, 0.5) is 0 Å². The van der Waals surface area contributed by atoms with E-state index in [-0.39, 0.29) is 30.3 Å². The maximum absolute atomic E-state index is 12.7. The molecule has 112 valence electrons. The zero-order valence-electron chi connectivity index (χ0n) is 12.2. The molecule has 1 fully saturated rings. The van der Waals surface area contributed by atoms with Crippen LogP contribution in [0.25, 0.3) is 0 Å². The van der Waals surface area contributed by atoms with Crippen molar-refractivity contribution in [2.24, 2.45) is 11.8 Å². The lowest BCUT2D eigenvalue weighted by Crippen LogP contribution is -2.37. The van der Waals surface area contributed by atoms with E-state index in [1.54, 1.807) is 10.9 Å². The van der Waals surface area contributed by atoms with Gasteiger partial charge in [-0.2, -0.15) is 0 Å². The van der Waals surface area contributed by atoms with E-state index < -0.39 is 0 Å². The van der Waals surface area contributed by atoms with Crippen molar-refractivity contribution in [3.63, 3.8) is 0 Å². The molecule has 6 heteroatoms. The van der Waals surface area contributed by atoms with Crippen LogP contribution >= 0.6 is 0 Å². The number of Topliss-reactive ketones (excluding diaryl/α,β-unsaturated/α-hetero) is 1. The Bertz CT molecular complexity index is 438. The van der Waals surface area contributed by atoms with Crippen LogP contribution in [0.15, 0.2) is 6.20 Å². The first-order valence-electron chi connectivity index (χ1n) is 7.39. The zero-order valence-corrected chi connectivity index (χ0v) is 12.2. The summed E-state index contributed by atoms with van der Waals surface area (Å²) in [6.45, 7) is 5.95. The van der Waals surface area contributed by atoms with Crippen LogP contribution in [-0.4, -0.2) is 45.6 Å². The molecule has 0 bridgehead atoms. The SMILES string of the molecule is CC(C)C(C(=O)C1CCNCC1)n1cc(CCO)nn1. The number of aromatic nitrogens is 3. The monoisotopic (exact) mass is 280 g/mol. The molecule has 1 aliphatic rings. The Labute approximate surface area is 119 Å². The van der Waals surface area contributed by atoms with Gasteiger partial charge < -0.3 is 10.4 Å². The van der Waals surface area contributed by atoms with Crippen molar-refractivity contribution in [2.45, 2.75) is 39.2 Å². The van der Waals surface area contributed by atoms with Gasteiger partial charge in [0, 0.05) is 25.1 Å². The number of hydrogen-bond donors (Lipinski definition) is 2. The third-order valence-corrected chi connectivity index (χ3v) is 3.88. The fourth-order valence-electron chi connectivity index (χ4n) is 2.79. The van der Waals surface area contributed by atoms with E-state index in [2.05, 4.69) is 15.6 Å². The molecular formula is C14H24N4O2. The fourth-order valence-corrected chi connectivity index (χ4v) is 2.79. The smallest absolute Gasteiger partial charge is 0.160 e. The van der Waals surface area contributed by atoms with Gasteiger partial charge in [-0.1, -0.05) is 19.1 Å². The van der Waals surface area contributed by atoms with E-state index in [1.165, 1.54) is 0 Å². The molecule has 2 N–H and O–H groups in total. The lowest BCUT2D eigenvalue weighted by molar-refractivity contribution is -0.128. The highest BCUT2D eigenvalue weighted by molar-refractivity contribution is 5.85. The second-order valence-corrected chi connectivity index (χ2v) is 5.78. The lowest BCUT2D eigenvalue weighted by Gasteiger charge is -2.27. The summed E-state index contributed by atoms with van der Waals surface area (Å²) < 4.78 is 1.68. The number of nitrogens with zero attached hydrogens (tertiary/aromatic N) is 3. The van der Waals surface area contributed by atoms with Gasteiger partial charge in [-0.3, -0.25) is 4.79 Å². The quantitative estimate of drug-likeness (QED) is 0.796. The van der Waals surface area contributed by atoms with Crippen molar-refractivity contribution in [3.05, 3.63) is 11.9 Å². The largest absolute Gasteiger partial charge is 0.396 e. The van der Waals surface area contributed by atoms with Gasteiger partial charge in [0.2, 0.25) is 0 Å². The molecule has 0 aromatic carbocycles. The molecule has 0 amide bonds. The van der Waals surface area contributed by atoms with Crippen LogP contribution in [0.5, 0.6) is 0 Å². The van der Waals surface area contributed by atoms with Gasteiger partial charge in [-0.05, 0) is 31.8 Å². The van der Waals surface area contributed by atoms with E-state index in [0.29, 0.717) is 6.42 Å². The third kappa shape index (κ3) is 3.43. The van der Waals surface area contributed by atoms with E-state index in [0.717, 1.165) is 31.6 Å². The number of aliphatic hydroxyl groups excluding tert-OH is 1. The average molecular weight is 280 g/mol. The van der Waals surface area contributed by atoms with Crippen LogP contribution in [-0.2, 0) is 11.2 Å². The first-order chi connectivity index (χ1) is 9.63. The van der Waals surface area contributed by atoms with Gasteiger partial charge in [-0.25, -0.2) is 4.68 Å². The van der Waals surface area contributed by atoms with Gasteiger partial charge in [0.1, 0.15) is 6.04 Å². The zero-order chi connectivity index (χ0) is 14.5. The molecule has 0 spiro atoms. The molecule has 1 aliphatic heterocycles. The predicted octanol–water partition coefficient (Wildman–Crippen LogP) is 0.579. The van der Waals surface area contributed by atoms with Crippen LogP contribution in [0.1, 0.15) is 38.4 Å². The summed E-state index contributed by atoms with van der Waals surface area (Å²) in [5.41, 5.74) is 0.733. The minimum Gasteiger partial charge on any atom is -0.396 e. The number of hydrogen-bond acceptors (Lipinski definition) is 5. The summed E-state index contributed by atoms with van der Waals surface area (Å²) in [7, 11) is 0. The average Bonchev–Trinajstić information content (AvgIpc) is 2.88. The molecule has 0 aliphatic carbocycles. The molecule has 0 radical (unpaired) electrons. The van der Waals surface area contributed by atoms with Crippen molar-refractivity contribution < 1.29 is 9.90 Å². The minimum atomic E-state index is -0.252. The van der Waals surface area contributed by atoms with Crippen LogP contribution < -0.4 is 5.32 Å². The fraction of sp³-hybridized carbons (Fsp3) is 0.786. The standard InChI is InChI=1S/C14H24N4O2/c1-10(2)13(14(20)11-3-6-15-7-4-11)18-9-12(5-8-19)16-17-18/h9-11,13,15,19H,3-8H2,1-2H3. The Morgan fingerprint density at radius 1 is 1.50 bits per heavy atom. The van der Waals surface area contributed by atoms with Crippen LogP contribution in [0, 0.1) is 11.8 Å². The predicted molar refractivity (Wildman–Crippen MR) is 75.3 cm³/mol. The Kier molecular flexibility index (Phi) is 5.25. The molecule has 1 aromatic heterocycles. The van der Waals surface area contributed by atoms with Gasteiger partial charge in [-0.15, -0.1) is 5.10 Å². The van der Waals surface area contributed by atoms with E-state index in [9.17, 15) is 4.79 Å². The van der Waals surface area contributed by atoms with Crippen LogP contribution in [0.2, 0.25) is 0 Å². The Hall–Kier alpha value is -1.27. The molecular weight excluding hydrogens is 256 g/mol. The highest BCUT2D eigenvalue weighted by Crippen LogP contribution is 2.26. The molecule has 0 saturated carbocycles. The van der Waals surface area contributed by atoms with Gasteiger partial charge in [0.05, 0.1) is 5.69 Å². The molecule has 20 heavy (non-hydrogen) atoms. The molecule has 6 nitrogen and oxygen atoms in total. The molecule has 2 rings (SSSR count). The maximum Gasteiger partial charge on any atom is 0.160 e. The number of ketones is 1. The minimum absolute atomic E-state index is 0.0489. The summed E-state index contributed by atoms with van der Waals surface area (Å²) in [6.07, 6.45) is 4.08. The van der Waals surface area contributed by atoms with Crippen molar-refractivity contribution in [3.8, 4) is 0 Å². The summed E-state index contributed by atoms with van der Waals surface area (Å²) in [5.74, 6) is 0.567. The first-order valence-corrected chi connectivity index (χ1v) is 7.39. The van der Waals surface area contributed by atoms with Gasteiger partial charge in [0.15, 0.2) is 5.78 Å². The maximum atomic E-state index is 12.7. The number of nitrogens with one attached hydrogen (secondary N) is 1. The number of carbonyl (C=O) groups is 1. The highest BCUT2D eigenvalue weighted by Gasteiger charge is 2.32. The normalized spacial score (nSPS) is 18.4. The number of rotatable bonds is 6. The van der Waals surface area contributed by atoms with Gasteiger partial charge >= 0.3 is 0 Å². The highest BCUT2D eigenvalue weighted by atomic mass is 16.3. The van der Waals surface area contributed by atoms with Crippen molar-refractivity contribution >= 4 is 5.78 Å². The van der Waals surface area contributed by atoms with E-state index in [1.807, 2.05) is 13.8 Å². The van der Waals surface area contributed by atoms with Crippen LogP contribution in [0.3, 0.4) is 0 Å². The Morgan fingerprint density at radius 2 is 2.20 bits per heavy atom. The van der Waals surface area contributed by atoms with Gasteiger partial charge in [0.25, 0.3) is 0 Å².